The van der Waals surface area contributed by atoms with Crippen LogP contribution in [0, 0.1) is 5.92 Å². The zero-order valence-corrected chi connectivity index (χ0v) is 19.2. The lowest BCUT2D eigenvalue weighted by atomic mass is 9.96. The fourth-order valence-corrected chi connectivity index (χ4v) is 4.00. The molecular weight excluding hydrogens is 342 g/mol. The van der Waals surface area contributed by atoms with E-state index in [4.69, 9.17) is 5.73 Å². The van der Waals surface area contributed by atoms with Crippen LogP contribution in [-0.4, -0.2) is 44.7 Å². The molecule has 3 nitrogen and oxygen atoms in total. The van der Waals surface area contributed by atoms with Crippen molar-refractivity contribution >= 4 is 0 Å². The Morgan fingerprint density at radius 2 is 1.18 bits per heavy atom. The third-order valence-corrected chi connectivity index (χ3v) is 5.81. The van der Waals surface area contributed by atoms with Crippen molar-refractivity contribution in [2.24, 2.45) is 11.7 Å². The first-order chi connectivity index (χ1) is 13.2. The van der Waals surface area contributed by atoms with Crippen molar-refractivity contribution in [1.82, 2.24) is 10.2 Å². The molecule has 0 amide bonds. The summed E-state index contributed by atoms with van der Waals surface area (Å²) < 4.78 is 0. The van der Waals surface area contributed by atoms with E-state index in [1.54, 1.807) is 0 Å². The predicted molar refractivity (Wildman–Crippen MR) is 130 cm³/mol. The Morgan fingerprint density at radius 3 is 1.54 bits per heavy atom. The van der Waals surface area contributed by atoms with Crippen molar-refractivity contribution in [3.8, 4) is 0 Å². The molecule has 0 radical (unpaired) electrons. The number of nitrogens with zero attached hydrogens (tertiary/aromatic N) is 1. The van der Waals surface area contributed by atoms with Gasteiger partial charge in [-0.15, -0.1) is 0 Å². The van der Waals surface area contributed by atoms with Gasteiger partial charge in [-0.25, -0.2) is 0 Å². The Balaban J connectivity index is 0. The number of rotatable bonds is 7. The number of nitrogens with one attached hydrogen (secondary N) is 1. The van der Waals surface area contributed by atoms with E-state index in [2.05, 4.69) is 24.1 Å². The van der Waals surface area contributed by atoms with E-state index in [-0.39, 0.29) is 7.43 Å². The van der Waals surface area contributed by atoms with Crippen molar-refractivity contribution in [1.29, 1.82) is 0 Å². The molecule has 1 rings (SSSR count). The summed E-state index contributed by atoms with van der Waals surface area (Å²) in [6.45, 7) is 9.78. The molecule has 1 fully saturated rings. The molecule has 28 heavy (non-hydrogen) atoms. The van der Waals surface area contributed by atoms with E-state index in [0.717, 1.165) is 32.1 Å². The van der Waals surface area contributed by atoms with E-state index in [1.165, 1.54) is 103 Å². The summed E-state index contributed by atoms with van der Waals surface area (Å²) in [6, 6.07) is 0. The topological polar surface area (TPSA) is 41.3 Å². The highest BCUT2D eigenvalue weighted by Gasteiger charge is 2.03. The van der Waals surface area contributed by atoms with Crippen LogP contribution in [0.5, 0.6) is 0 Å². The van der Waals surface area contributed by atoms with Crippen LogP contribution in [0.1, 0.15) is 118 Å². The molecule has 0 aliphatic heterocycles. The van der Waals surface area contributed by atoms with Crippen LogP contribution in [0.15, 0.2) is 0 Å². The van der Waals surface area contributed by atoms with Crippen LogP contribution < -0.4 is 11.1 Å². The average Bonchev–Trinajstić information content (AvgIpc) is 2.67. The van der Waals surface area contributed by atoms with Crippen LogP contribution in [0.3, 0.4) is 0 Å². The molecule has 0 heterocycles. The average molecular weight is 400 g/mol. The van der Waals surface area contributed by atoms with Crippen molar-refractivity contribution in [3.05, 3.63) is 0 Å². The number of hydrogen-bond acceptors (Lipinski definition) is 3. The van der Waals surface area contributed by atoms with Gasteiger partial charge in [0, 0.05) is 26.2 Å². The second-order valence-corrected chi connectivity index (χ2v) is 8.66. The molecule has 0 spiro atoms. The van der Waals surface area contributed by atoms with Gasteiger partial charge in [-0.3, -0.25) is 0 Å². The Bertz CT molecular complexity index is 249. The quantitative estimate of drug-likeness (QED) is 0.506. The molecule has 172 valence electrons. The summed E-state index contributed by atoms with van der Waals surface area (Å²) in [6.07, 6.45) is 22.1. The maximum absolute atomic E-state index is 5.47. The molecule has 0 atom stereocenters. The molecule has 0 aromatic carbocycles. The Hall–Kier alpha value is -0.120. The van der Waals surface area contributed by atoms with Gasteiger partial charge in [0.15, 0.2) is 0 Å². The van der Waals surface area contributed by atoms with E-state index >= 15 is 0 Å². The predicted octanol–water partition coefficient (Wildman–Crippen LogP) is 6.61. The third kappa shape index (κ3) is 22.2. The lowest BCUT2D eigenvalue weighted by Crippen LogP contribution is -2.35. The minimum atomic E-state index is 0. The van der Waals surface area contributed by atoms with Gasteiger partial charge in [0.2, 0.25) is 0 Å². The third-order valence-electron chi connectivity index (χ3n) is 5.81. The fourth-order valence-electron chi connectivity index (χ4n) is 4.00. The van der Waals surface area contributed by atoms with Crippen LogP contribution in [0.4, 0.5) is 0 Å². The van der Waals surface area contributed by atoms with Gasteiger partial charge in [-0.2, -0.15) is 0 Å². The summed E-state index contributed by atoms with van der Waals surface area (Å²) in [5.74, 6) is 0.991. The molecule has 1 aliphatic rings. The van der Waals surface area contributed by atoms with Gasteiger partial charge in [-0.1, -0.05) is 111 Å². The Morgan fingerprint density at radius 1 is 0.750 bits per heavy atom. The van der Waals surface area contributed by atoms with Crippen LogP contribution >= 0.6 is 0 Å². The second kappa shape index (κ2) is 24.9. The van der Waals surface area contributed by atoms with Gasteiger partial charge >= 0.3 is 0 Å². The normalized spacial score (nSPS) is 18.3. The fraction of sp³-hybridized carbons (Fsp3) is 1.00. The molecule has 0 aromatic heterocycles. The summed E-state index contributed by atoms with van der Waals surface area (Å²) >= 11 is 0. The van der Waals surface area contributed by atoms with E-state index in [9.17, 15) is 0 Å². The van der Waals surface area contributed by atoms with Crippen LogP contribution in [0.2, 0.25) is 0 Å². The van der Waals surface area contributed by atoms with Gasteiger partial charge in [0.05, 0.1) is 0 Å². The first-order valence-corrected chi connectivity index (χ1v) is 12.3. The van der Waals surface area contributed by atoms with Gasteiger partial charge in [0.25, 0.3) is 0 Å². The minimum absolute atomic E-state index is 0. The lowest BCUT2D eigenvalue weighted by Gasteiger charge is -2.20. The van der Waals surface area contributed by atoms with Crippen molar-refractivity contribution in [3.63, 3.8) is 0 Å². The van der Waals surface area contributed by atoms with Crippen molar-refractivity contribution in [2.75, 3.05) is 39.8 Å². The second-order valence-electron chi connectivity index (χ2n) is 8.66. The molecular formula is C25H57N3. The maximum Gasteiger partial charge on any atom is 0.0107 e. The Kier molecular flexibility index (Phi) is 26.8. The van der Waals surface area contributed by atoms with Gasteiger partial charge < -0.3 is 16.0 Å². The smallest absolute Gasteiger partial charge is 0.0107 e. The highest BCUT2D eigenvalue weighted by atomic mass is 15.1. The van der Waals surface area contributed by atoms with E-state index in [0.29, 0.717) is 0 Å². The monoisotopic (exact) mass is 399 g/mol. The van der Waals surface area contributed by atoms with Crippen LogP contribution in [-0.2, 0) is 0 Å². The molecule has 3 N–H and O–H groups in total. The van der Waals surface area contributed by atoms with Gasteiger partial charge in [0.1, 0.15) is 0 Å². The van der Waals surface area contributed by atoms with E-state index in [1.807, 2.05) is 7.05 Å². The first-order valence-electron chi connectivity index (χ1n) is 12.3. The lowest BCUT2D eigenvalue weighted by molar-refractivity contribution is 0.283. The zero-order chi connectivity index (χ0) is 20.0. The molecule has 0 unspecified atom stereocenters. The summed E-state index contributed by atoms with van der Waals surface area (Å²) in [5, 5.41) is 3.13. The molecule has 0 saturated heterocycles. The largest absolute Gasteiger partial charge is 0.329 e. The number of nitrogens with two attached hydrogens (primary N) is 1. The minimum Gasteiger partial charge on any atom is -0.329 e. The molecule has 3 heteroatoms. The van der Waals surface area contributed by atoms with Crippen LogP contribution in [0.25, 0.3) is 0 Å². The zero-order valence-electron chi connectivity index (χ0n) is 19.2. The summed E-state index contributed by atoms with van der Waals surface area (Å²) in [7, 11) is 1.98. The number of likely N-dealkylation sites (N-methyl/N-ethyl adjacent to an activating group) is 1. The maximum atomic E-state index is 5.47. The standard InChI is InChI=1S/C16H32.C8H21N3.CH4/c1-16-14-12-10-8-6-4-2-3-5-7-9-11-13-15-16;1-3-6-11(7-4-9)8-5-10-2;/h16H,2-15H2,1H3;10H,3-9H2,1-2H3;1H4. The summed E-state index contributed by atoms with van der Waals surface area (Å²) in [4.78, 5) is 2.39. The molecule has 1 aliphatic carbocycles. The van der Waals surface area contributed by atoms with E-state index < -0.39 is 0 Å². The highest BCUT2D eigenvalue weighted by Crippen LogP contribution is 2.19. The number of hydrogen-bond donors (Lipinski definition) is 2. The SMILES string of the molecule is C.CC1CCCCCCCCCCCCCC1.CCCN(CCN)CCNC. The summed E-state index contributed by atoms with van der Waals surface area (Å²) in [5.41, 5.74) is 5.47. The van der Waals surface area contributed by atoms with Gasteiger partial charge in [-0.05, 0) is 25.9 Å². The van der Waals surface area contributed by atoms with Crippen molar-refractivity contribution in [2.45, 2.75) is 118 Å². The Labute approximate surface area is 179 Å². The highest BCUT2D eigenvalue weighted by molar-refractivity contribution is 4.58. The van der Waals surface area contributed by atoms with Crippen molar-refractivity contribution < 1.29 is 0 Å². The molecule has 0 bridgehead atoms. The molecule has 1 saturated carbocycles. The first kappa shape index (κ1) is 30.1. The molecule has 0 aromatic rings.